The Morgan fingerprint density at radius 2 is 1.96 bits per heavy atom. The molecular formula is C15H11N3O5. The maximum absolute atomic E-state index is 11.0. The Kier molecular flexibility index (Phi) is 3.63. The van der Waals surface area contributed by atoms with Crippen molar-refractivity contribution in [1.82, 2.24) is 10.1 Å². The summed E-state index contributed by atoms with van der Waals surface area (Å²) in [6.07, 6.45) is 0. The maximum Gasteiger partial charge on any atom is 0.315 e. The molecule has 8 heteroatoms. The van der Waals surface area contributed by atoms with Gasteiger partial charge in [0.05, 0.1) is 12.0 Å². The first-order chi connectivity index (χ1) is 11.1. The highest BCUT2D eigenvalue weighted by Gasteiger charge is 2.22. The normalized spacial score (nSPS) is 10.5. The molecule has 2 aromatic carbocycles. The van der Waals surface area contributed by atoms with Crippen molar-refractivity contribution in [3.05, 3.63) is 52.6 Å². The molecular weight excluding hydrogens is 302 g/mol. The molecule has 8 nitrogen and oxygen atoms in total. The molecule has 0 saturated carbocycles. The van der Waals surface area contributed by atoms with Crippen molar-refractivity contribution in [3.8, 4) is 34.3 Å². The number of methoxy groups -OCH3 is 1. The molecule has 0 fully saturated rings. The van der Waals surface area contributed by atoms with E-state index in [4.69, 9.17) is 9.26 Å². The predicted octanol–water partition coefficient (Wildman–Crippen LogP) is 3.03. The van der Waals surface area contributed by atoms with Gasteiger partial charge in [0.15, 0.2) is 5.75 Å². The van der Waals surface area contributed by atoms with Crippen LogP contribution in [0, 0.1) is 10.1 Å². The Balaban J connectivity index is 2.07. The van der Waals surface area contributed by atoms with Crippen molar-refractivity contribution in [3.63, 3.8) is 0 Å². The van der Waals surface area contributed by atoms with Crippen LogP contribution in [-0.2, 0) is 0 Å². The molecule has 0 aliphatic carbocycles. The summed E-state index contributed by atoms with van der Waals surface area (Å²) in [4.78, 5) is 14.5. The number of phenolic OH excluding ortho intramolecular Hbond substituents is 1. The van der Waals surface area contributed by atoms with Crippen LogP contribution >= 0.6 is 0 Å². The zero-order valence-corrected chi connectivity index (χ0v) is 12.0. The van der Waals surface area contributed by atoms with Crippen LogP contribution in [0.1, 0.15) is 0 Å². The van der Waals surface area contributed by atoms with Crippen LogP contribution in [0.25, 0.3) is 22.8 Å². The molecule has 3 rings (SSSR count). The standard InChI is InChI=1S/C15H11N3O5/c1-22-12-8-10(7-11(13(12)19)18(20)21)14-16-15(23-17-14)9-5-3-2-4-6-9/h2-8,19H,1H3. The zero-order valence-electron chi connectivity index (χ0n) is 12.0. The van der Waals surface area contributed by atoms with Crippen LogP contribution in [0.5, 0.6) is 11.5 Å². The van der Waals surface area contributed by atoms with Crippen molar-refractivity contribution < 1.29 is 19.3 Å². The molecule has 0 atom stereocenters. The van der Waals surface area contributed by atoms with Crippen LogP contribution in [0.4, 0.5) is 5.69 Å². The molecule has 23 heavy (non-hydrogen) atoms. The van der Waals surface area contributed by atoms with E-state index in [-0.39, 0.29) is 17.5 Å². The number of phenols is 1. The van der Waals surface area contributed by atoms with E-state index in [2.05, 4.69) is 10.1 Å². The molecule has 1 aromatic heterocycles. The van der Waals surface area contributed by atoms with Gasteiger partial charge in [0.1, 0.15) is 0 Å². The SMILES string of the molecule is COc1cc(-c2noc(-c3ccccc3)n2)cc([N+](=O)[O-])c1O. The first-order valence-corrected chi connectivity index (χ1v) is 6.55. The van der Waals surface area contributed by atoms with Gasteiger partial charge in [0.25, 0.3) is 5.89 Å². The minimum atomic E-state index is -0.709. The van der Waals surface area contributed by atoms with Crippen LogP contribution < -0.4 is 4.74 Å². The van der Waals surface area contributed by atoms with Gasteiger partial charge in [-0.15, -0.1) is 0 Å². The minimum Gasteiger partial charge on any atom is -0.500 e. The van der Waals surface area contributed by atoms with Gasteiger partial charge in [0.2, 0.25) is 11.6 Å². The monoisotopic (exact) mass is 313 g/mol. The highest BCUT2D eigenvalue weighted by atomic mass is 16.6. The molecule has 0 amide bonds. The number of benzene rings is 2. The Morgan fingerprint density at radius 3 is 2.61 bits per heavy atom. The number of hydrogen-bond donors (Lipinski definition) is 1. The summed E-state index contributed by atoms with van der Waals surface area (Å²) in [5.41, 5.74) is 0.536. The van der Waals surface area contributed by atoms with Gasteiger partial charge in [-0.05, 0) is 18.2 Å². The van der Waals surface area contributed by atoms with E-state index in [0.717, 1.165) is 11.6 Å². The lowest BCUT2D eigenvalue weighted by atomic mass is 10.1. The number of hydrogen-bond acceptors (Lipinski definition) is 7. The number of ether oxygens (including phenoxy) is 1. The van der Waals surface area contributed by atoms with Gasteiger partial charge in [-0.2, -0.15) is 4.98 Å². The number of nitro benzene ring substituents is 1. The lowest BCUT2D eigenvalue weighted by Gasteiger charge is -2.05. The van der Waals surface area contributed by atoms with Gasteiger partial charge in [0, 0.05) is 17.2 Å². The van der Waals surface area contributed by atoms with E-state index in [9.17, 15) is 15.2 Å². The molecule has 116 valence electrons. The summed E-state index contributed by atoms with van der Waals surface area (Å²) >= 11 is 0. The Hall–Kier alpha value is -3.42. The third-order valence-corrected chi connectivity index (χ3v) is 3.18. The molecule has 0 saturated heterocycles. The van der Waals surface area contributed by atoms with Crippen molar-refractivity contribution in [2.45, 2.75) is 0 Å². The molecule has 1 N–H and O–H groups in total. The smallest absolute Gasteiger partial charge is 0.315 e. The van der Waals surface area contributed by atoms with Gasteiger partial charge in [-0.3, -0.25) is 10.1 Å². The van der Waals surface area contributed by atoms with Crippen molar-refractivity contribution in [2.75, 3.05) is 7.11 Å². The lowest BCUT2D eigenvalue weighted by Crippen LogP contribution is -1.94. The number of aromatic nitrogens is 2. The number of rotatable bonds is 4. The second-order valence-electron chi connectivity index (χ2n) is 4.59. The maximum atomic E-state index is 11.0. The summed E-state index contributed by atoms with van der Waals surface area (Å²) in [5, 5.41) is 24.6. The van der Waals surface area contributed by atoms with Crippen molar-refractivity contribution in [2.24, 2.45) is 0 Å². The fourth-order valence-electron chi connectivity index (χ4n) is 2.06. The third-order valence-electron chi connectivity index (χ3n) is 3.18. The van der Waals surface area contributed by atoms with E-state index >= 15 is 0 Å². The van der Waals surface area contributed by atoms with Gasteiger partial charge in [-0.1, -0.05) is 23.4 Å². The first kappa shape index (κ1) is 14.5. The Labute approximate surface area is 130 Å². The Morgan fingerprint density at radius 1 is 1.22 bits per heavy atom. The predicted molar refractivity (Wildman–Crippen MR) is 80.0 cm³/mol. The highest BCUT2D eigenvalue weighted by molar-refractivity contribution is 5.69. The Bertz CT molecular complexity index is 861. The summed E-state index contributed by atoms with van der Waals surface area (Å²) < 4.78 is 10.1. The third kappa shape index (κ3) is 2.69. The molecule has 0 aliphatic rings. The van der Waals surface area contributed by atoms with E-state index < -0.39 is 16.4 Å². The molecule has 0 radical (unpaired) electrons. The highest BCUT2D eigenvalue weighted by Crippen LogP contribution is 2.39. The number of nitro groups is 1. The molecule has 0 bridgehead atoms. The van der Waals surface area contributed by atoms with E-state index in [1.807, 2.05) is 18.2 Å². The fourth-order valence-corrected chi connectivity index (χ4v) is 2.06. The summed E-state index contributed by atoms with van der Waals surface area (Å²) in [7, 11) is 1.30. The van der Waals surface area contributed by atoms with Crippen LogP contribution in [-0.4, -0.2) is 27.3 Å². The average molecular weight is 313 g/mol. The second kappa shape index (κ2) is 5.76. The molecule has 3 aromatic rings. The van der Waals surface area contributed by atoms with Crippen LogP contribution in [0.3, 0.4) is 0 Å². The minimum absolute atomic E-state index is 0.0414. The van der Waals surface area contributed by atoms with Gasteiger partial charge >= 0.3 is 5.69 Å². The molecule has 0 unspecified atom stereocenters. The van der Waals surface area contributed by atoms with Crippen molar-refractivity contribution >= 4 is 5.69 Å². The molecule has 1 heterocycles. The van der Waals surface area contributed by atoms with E-state index in [1.165, 1.54) is 13.2 Å². The molecule has 0 aliphatic heterocycles. The van der Waals surface area contributed by atoms with Crippen LogP contribution in [0.15, 0.2) is 47.0 Å². The summed E-state index contributed by atoms with van der Waals surface area (Å²) in [6.45, 7) is 0. The number of aromatic hydroxyl groups is 1. The van der Waals surface area contributed by atoms with E-state index in [1.54, 1.807) is 12.1 Å². The van der Waals surface area contributed by atoms with Gasteiger partial charge in [-0.25, -0.2) is 0 Å². The largest absolute Gasteiger partial charge is 0.500 e. The lowest BCUT2D eigenvalue weighted by molar-refractivity contribution is -0.385. The van der Waals surface area contributed by atoms with Gasteiger partial charge < -0.3 is 14.4 Å². The van der Waals surface area contributed by atoms with Crippen molar-refractivity contribution in [1.29, 1.82) is 0 Å². The summed E-state index contributed by atoms with van der Waals surface area (Å²) in [6, 6.07) is 11.7. The second-order valence-corrected chi connectivity index (χ2v) is 4.59. The number of nitrogens with zero attached hydrogens (tertiary/aromatic N) is 3. The fraction of sp³-hybridized carbons (Fsp3) is 0.0667. The first-order valence-electron chi connectivity index (χ1n) is 6.55. The summed E-state index contributed by atoms with van der Waals surface area (Å²) in [5.74, 6) is -0.145. The van der Waals surface area contributed by atoms with Crippen LogP contribution in [0.2, 0.25) is 0 Å². The quantitative estimate of drug-likeness (QED) is 0.582. The molecule has 0 spiro atoms. The van der Waals surface area contributed by atoms with E-state index in [0.29, 0.717) is 5.56 Å². The zero-order chi connectivity index (χ0) is 16.4. The average Bonchev–Trinajstić information content (AvgIpc) is 3.05. The topological polar surface area (TPSA) is 112 Å².